The molecule has 0 aromatic rings. The van der Waals surface area contributed by atoms with Crippen LogP contribution in [-0.4, -0.2) is 144 Å². The average molecular weight is 737 g/mol. The Balaban J connectivity index is 6.33. The summed E-state index contributed by atoms with van der Waals surface area (Å²) in [6.07, 6.45) is 7.49. The summed E-state index contributed by atoms with van der Waals surface area (Å²) in [5.74, 6) is 2.59. The first-order valence-corrected chi connectivity index (χ1v) is 17.1. The van der Waals surface area contributed by atoms with Crippen molar-refractivity contribution in [3.63, 3.8) is 0 Å². The number of carbonyl (C=O) groups is 6. The molecule has 2 N–H and O–H groups in total. The summed E-state index contributed by atoms with van der Waals surface area (Å²) in [6.45, 7) is 20.3. The van der Waals surface area contributed by atoms with E-state index in [2.05, 4.69) is 10.6 Å². The molecule has 0 radical (unpaired) electrons. The van der Waals surface area contributed by atoms with Crippen LogP contribution in [0.25, 0.3) is 0 Å². The SMILES string of the molecule is C#CC(=O)NCCN(CCN(CCN(CCN(CCNC(=O)C#C)C(=O)OC(C)(C)C)C(=O)OC(C)(C)C)C(=O)OC(C)(C)C)C(=O)OC(C)(C)C. The van der Waals surface area contributed by atoms with Gasteiger partial charge in [0.25, 0.3) is 11.8 Å². The first-order chi connectivity index (χ1) is 23.7. The van der Waals surface area contributed by atoms with Crippen molar-refractivity contribution in [2.24, 2.45) is 0 Å². The molecule has 0 aliphatic rings. The Morgan fingerprint density at radius 1 is 0.423 bits per heavy atom. The zero-order chi connectivity index (χ0) is 40.5. The predicted molar refractivity (Wildman–Crippen MR) is 195 cm³/mol. The van der Waals surface area contributed by atoms with Gasteiger partial charge in [0, 0.05) is 65.4 Å². The number of hydrogen-bond donors (Lipinski definition) is 2. The van der Waals surface area contributed by atoms with Gasteiger partial charge < -0.3 is 49.2 Å². The molecule has 0 aliphatic heterocycles. The number of amides is 6. The standard InChI is InChI=1S/C36H60N6O10/c1-15-27(43)37-17-19-39(29(45)49-33(3,4)5)21-23-41(31(47)51-35(9,10)11)25-26-42(32(48)52-36(12,13)14)24-22-40(20-18-38-28(44)16-2)30(46)50-34(6,7)8/h1-2H,17-26H2,3-14H3,(H,37,43)(H,38,44). The van der Waals surface area contributed by atoms with E-state index < -0.39 is 58.6 Å². The fourth-order valence-corrected chi connectivity index (χ4v) is 3.92. The van der Waals surface area contributed by atoms with Gasteiger partial charge in [-0.25, -0.2) is 19.2 Å². The third-order valence-electron chi connectivity index (χ3n) is 6.12. The van der Waals surface area contributed by atoms with Crippen LogP contribution in [0.1, 0.15) is 83.1 Å². The maximum atomic E-state index is 13.4. The number of terminal acetylenes is 2. The molecule has 0 aromatic carbocycles. The monoisotopic (exact) mass is 736 g/mol. The Hall–Kier alpha value is -4.86. The Morgan fingerprint density at radius 2 is 0.615 bits per heavy atom. The quantitative estimate of drug-likeness (QED) is 0.187. The number of ether oxygens (including phenoxy) is 4. The Labute approximate surface area is 309 Å². The van der Waals surface area contributed by atoms with E-state index in [0.29, 0.717) is 0 Å². The molecular formula is C36H60N6O10. The van der Waals surface area contributed by atoms with Crippen molar-refractivity contribution in [1.29, 1.82) is 0 Å². The summed E-state index contributed by atoms with van der Waals surface area (Å²) in [7, 11) is 0. The van der Waals surface area contributed by atoms with Gasteiger partial charge in [-0.1, -0.05) is 0 Å². The van der Waals surface area contributed by atoms with Crippen LogP contribution < -0.4 is 10.6 Å². The Morgan fingerprint density at radius 3 is 0.788 bits per heavy atom. The van der Waals surface area contributed by atoms with Gasteiger partial charge in [-0.3, -0.25) is 9.59 Å². The highest BCUT2D eigenvalue weighted by Crippen LogP contribution is 2.15. The highest BCUT2D eigenvalue weighted by atomic mass is 16.6. The van der Waals surface area contributed by atoms with Crippen molar-refractivity contribution in [2.75, 3.05) is 65.4 Å². The molecule has 0 saturated heterocycles. The van der Waals surface area contributed by atoms with Gasteiger partial charge in [0.2, 0.25) is 0 Å². The first-order valence-electron chi connectivity index (χ1n) is 17.1. The van der Waals surface area contributed by atoms with E-state index in [1.807, 2.05) is 11.8 Å². The minimum atomic E-state index is -0.868. The summed E-state index contributed by atoms with van der Waals surface area (Å²) < 4.78 is 22.4. The van der Waals surface area contributed by atoms with Crippen molar-refractivity contribution < 1.29 is 47.7 Å². The number of nitrogens with zero attached hydrogens (tertiary/aromatic N) is 4. The fourth-order valence-electron chi connectivity index (χ4n) is 3.92. The smallest absolute Gasteiger partial charge is 0.410 e. The third-order valence-corrected chi connectivity index (χ3v) is 6.12. The number of rotatable bonds is 15. The van der Waals surface area contributed by atoms with Crippen LogP contribution in [0.4, 0.5) is 19.2 Å². The van der Waals surface area contributed by atoms with Gasteiger partial charge in [0.1, 0.15) is 22.4 Å². The van der Waals surface area contributed by atoms with Crippen molar-refractivity contribution in [3.8, 4) is 24.7 Å². The molecule has 0 saturated carbocycles. The lowest BCUT2D eigenvalue weighted by atomic mass is 10.2. The van der Waals surface area contributed by atoms with Crippen LogP contribution >= 0.6 is 0 Å². The molecule has 0 aromatic heterocycles. The Bertz CT molecular complexity index is 1210. The van der Waals surface area contributed by atoms with Crippen LogP contribution in [-0.2, 0) is 28.5 Å². The highest BCUT2D eigenvalue weighted by molar-refractivity contribution is 5.93. The van der Waals surface area contributed by atoms with Crippen LogP contribution in [0.5, 0.6) is 0 Å². The van der Waals surface area contributed by atoms with Gasteiger partial charge in [-0.05, 0) is 94.9 Å². The molecule has 6 amide bonds. The molecule has 0 atom stereocenters. The second kappa shape index (κ2) is 20.9. The molecule has 52 heavy (non-hydrogen) atoms. The van der Waals surface area contributed by atoms with Gasteiger partial charge in [-0.2, -0.15) is 0 Å². The van der Waals surface area contributed by atoms with Crippen LogP contribution in [0, 0.1) is 24.7 Å². The largest absolute Gasteiger partial charge is 0.444 e. The van der Waals surface area contributed by atoms with Gasteiger partial charge in [-0.15, -0.1) is 12.8 Å². The zero-order valence-corrected chi connectivity index (χ0v) is 33.1. The molecule has 0 rings (SSSR count). The minimum absolute atomic E-state index is 0.0246. The summed E-state index contributed by atoms with van der Waals surface area (Å²) in [4.78, 5) is 81.6. The fraction of sp³-hybridized carbons (Fsp3) is 0.722. The van der Waals surface area contributed by atoms with E-state index in [1.165, 1.54) is 19.6 Å². The Kier molecular flexibility index (Phi) is 18.9. The van der Waals surface area contributed by atoms with Crippen molar-refractivity contribution in [1.82, 2.24) is 30.2 Å². The third kappa shape index (κ3) is 22.8. The van der Waals surface area contributed by atoms with Gasteiger partial charge >= 0.3 is 24.4 Å². The lowest BCUT2D eigenvalue weighted by Gasteiger charge is -2.34. The maximum Gasteiger partial charge on any atom is 0.410 e. The van der Waals surface area contributed by atoms with Crippen LogP contribution in [0.15, 0.2) is 0 Å². The molecule has 294 valence electrons. The summed E-state index contributed by atoms with van der Waals surface area (Å²) in [5, 5.41) is 5.01. The molecule has 0 fully saturated rings. The second-order valence-electron chi connectivity index (χ2n) is 15.7. The molecule has 16 nitrogen and oxygen atoms in total. The molecular weight excluding hydrogens is 676 g/mol. The summed E-state index contributed by atoms with van der Waals surface area (Å²) in [6, 6.07) is 0. The molecule has 16 heteroatoms. The second-order valence-corrected chi connectivity index (χ2v) is 15.7. The number of nitrogens with one attached hydrogen (secondary N) is 2. The molecule has 0 unspecified atom stereocenters. The molecule has 0 spiro atoms. The average Bonchev–Trinajstić information content (AvgIpc) is 2.96. The molecule has 0 aliphatic carbocycles. The lowest BCUT2D eigenvalue weighted by Crippen LogP contribution is -2.50. The van der Waals surface area contributed by atoms with E-state index in [-0.39, 0.29) is 65.4 Å². The van der Waals surface area contributed by atoms with Gasteiger partial charge in [0.05, 0.1) is 0 Å². The summed E-state index contributed by atoms with van der Waals surface area (Å²) in [5.41, 5.74) is -3.38. The van der Waals surface area contributed by atoms with Gasteiger partial charge in [0.15, 0.2) is 0 Å². The van der Waals surface area contributed by atoms with Crippen molar-refractivity contribution in [2.45, 2.75) is 105 Å². The number of hydrogen-bond acceptors (Lipinski definition) is 10. The van der Waals surface area contributed by atoms with E-state index in [9.17, 15) is 28.8 Å². The zero-order valence-electron chi connectivity index (χ0n) is 33.1. The van der Waals surface area contributed by atoms with Crippen molar-refractivity contribution >= 4 is 36.2 Å². The van der Waals surface area contributed by atoms with Crippen LogP contribution in [0.3, 0.4) is 0 Å². The minimum Gasteiger partial charge on any atom is -0.444 e. The molecule has 0 heterocycles. The highest BCUT2D eigenvalue weighted by Gasteiger charge is 2.29. The van der Waals surface area contributed by atoms with Crippen LogP contribution in [0.2, 0.25) is 0 Å². The molecule has 0 bridgehead atoms. The van der Waals surface area contributed by atoms with E-state index in [0.717, 1.165) is 0 Å². The maximum absolute atomic E-state index is 13.4. The normalized spacial score (nSPS) is 11.5. The van der Waals surface area contributed by atoms with Crippen molar-refractivity contribution in [3.05, 3.63) is 0 Å². The lowest BCUT2D eigenvalue weighted by molar-refractivity contribution is -0.116. The van der Waals surface area contributed by atoms with E-state index >= 15 is 0 Å². The van der Waals surface area contributed by atoms with E-state index in [1.54, 1.807) is 83.1 Å². The topological polar surface area (TPSA) is 176 Å². The first kappa shape index (κ1) is 47.1. The van der Waals surface area contributed by atoms with E-state index in [4.69, 9.17) is 31.8 Å². The number of carbonyl (C=O) groups excluding carboxylic acids is 6. The summed E-state index contributed by atoms with van der Waals surface area (Å²) >= 11 is 0. The predicted octanol–water partition coefficient (Wildman–Crippen LogP) is 3.43.